The van der Waals surface area contributed by atoms with E-state index in [-0.39, 0.29) is 0 Å². The summed E-state index contributed by atoms with van der Waals surface area (Å²) in [6.45, 7) is 10.6. The fourth-order valence-corrected chi connectivity index (χ4v) is 2.25. The molecule has 1 aliphatic heterocycles. The van der Waals surface area contributed by atoms with E-state index < -0.39 is 0 Å². The van der Waals surface area contributed by atoms with E-state index in [0.29, 0.717) is 0 Å². The minimum Gasteiger partial charge on any atom is -0.314 e. The first-order valence-corrected chi connectivity index (χ1v) is 4.84. The van der Waals surface area contributed by atoms with Gasteiger partial charge in [-0.25, -0.2) is 0 Å². The normalized spacial score (nSPS) is 39.5. The summed E-state index contributed by atoms with van der Waals surface area (Å²) in [5.41, 5.74) is 0. The summed E-state index contributed by atoms with van der Waals surface area (Å²) in [4.78, 5) is 0. The molecular formula is C10H21N. The van der Waals surface area contributed by atoms with Crippen molar-refractivity contribution in [1.29, 1.82) is 0 Å². The van der Waals surface area contributed by atoms with Crippen molar-refractivity contribution in [3.8, 4) is 0 Å². The predicted molar refractivity (Wildman–Crippen MR) is 49.6 cm³/mol. The highest BCUT2D eigenvalue weighted by atomic mass is 14.9. The lowest BCUT2D eigenvalue weighted by molar-refractivity contribution is 0.183. The SMILES string of the molecule is CC1CC(C)C(C(C)C)CN1. The Morgan fingerprint density at radius 3 is 2.36 bits per heavy atom. The molecule has 0 radical (unpaired) electrons. The monoisotopic (exact) mass is 155 g/mol. The van der Waals surface area contributed by atoms with Crippen LogP contribution in [0.25, 0.3) is 0 Å². The van der Waals surface area contributed by atoms with Crippen LogP contribution < -0.4 is 5.32 Å². The van der Waals surface area contributed by atoms with Crippen LogP contribution in [0.15, 0.2) is 0 Å². The smallest absolute Gasteiger partial charge is 0.00414 e. The van der Waals surface area contributed by atoms with Crippen molar-refractivity contribution in [3.63, 3.8) is 0 Å². The van der Waals surface area contributed by atoms with E-state index in [2.05, 4.69) is 33.0 Å². The molecule has 1 nitrogen and oxygen atoms in total. The van der Waals surface area contributed by atoms with E-state index in [9.17, 15) is 0 Å². The van der Waals surface area contributed by atoms with Gasteiger partial charge >= 0.3 is 0 Å². The summed E-state index contributed by atoms with van der Waals surface area (Å²) < 4.78 is 0. The molecule has 11 heavy (non-hydrogen) atoms. The second-order valence-corrected chi connectivity index (χ2v) is 4.43. The average molecular weight is 155 g/mol. The van der Waals surface area contributed by atoms with Gasteiger partial charge < -0.3 is 5.32 Å². The van der Waals surface area contributed by atoms with Crippen molar-refractivity contribution in [1.82, 2.24) is 5.32 Å². The van der Waals surface area contributed by atoms with Crippen molar-refractivity contribution in [2.24, 2.45) is 17.8 Å². The van der Waals surface area contributed by atoms with Crippen LogP contribution in [0.4, 0.5) is 0 Å². The lowest BCUT2D eigenvalue weighted by Crippen LogP contribution is -2.43. The molecule has 0 aromatic heterocycles. The van der Waals surface area contributed by atoms with Crippen molar-refractivity contribution in [2.75, 3.05) is 6.54 Å². The van der Waals surface area contributed by atoms with Crippen molar-refractivity contribution < 1.29 is 0 Å². The molecule has 0 bridgehead atoms. The van der Waals surface area contributed by atoms with Gasteiger partial charge in [0, 0.05) is 6.04 Å². The molecule has 0 aliphatic carbocycles. The van der Waals surface area contributed by atoms with Crippen LogP contribution in [0.2, 0.25) is 0 Å². The third-order valence-corrected chi connectivity index (χ3v) is 3.01. The van der Waals surface area contributed by atoms with Gasteiger partial charge in [-0.15, -0.1) is 0 Å². The van der Waals surface area contributed by atoms with Gasteiger partial charge in [0.15, 0.2) is 0 Å². The summed E-state index contributed by atoms with van der Waals surface area (Å²) in [6, 6.07) is 0.736. The van der Waals surface area contributed by atoms with Gasteiger partial charge in [-0.2, -0.15) is 0 Å². The molecule has 0 amide bonds. The zero-order valence-electron chi connectivity index (χ0n) is 8.22. The van der Waals surface area contributed by atoms with Crippen molar-refractivity contribution in [2.45, 2.75) is 40.2 Å². The van der Waals surface area contributed by atoms with Gasteiger partial charge in [-0.1, -0.05) is 20.8 Å². The average Bonchev–Trinajstić information content (AvgIpc) is 1.85. The Labute approximate surface area is 70.6 Å². The van der Waals surface area contributed by atoms with E-state index in [1.54, 1.807) is 0 Å². The lowest BCUT2D eigenvalue weighted by Gasteiger charge is -2.36. The highest BCUT2D eigenvalue weighted by Gasteiger charge is 2.26. The maximum atomic E-state index is 3.54. The Kier molecular flexibility index (Phi) is 2.94. The van der Waals surface area contributed by atoms with Gasteiger partial charge in [0.05, 0.1) is 0 Å². The van der Waals surface area contributed by atoms with Crippen LogP contribution in [0, 0.1) is 17.8 Å². The summed E-state index contributed by atoms with van der Waals surface area (Å²) >= 11 is 0. The molecule has 0 saturated carbocycles. The molecule has 1 N–H and O–H groups in total. The minimum atomic E-state index is 0.736. The summed E-state index contributed by atoms with van der Waals surface area (Å²) in [5.74, 6) is 2.64. The molecule has 1 fully saturated rings. The van der Waals surface area contributed by atoms with E-state index in [0.717, 1.165) is 23.8 Å². The highest BCUT2D eigenvalue weighted by Crippen LogP contribution is 2.27. The Morgan fingerprint density at radius 1 is 1.27 bits per heavy atom. The molecular weight excluding hydrogens is 134 g/mol. The molecule has 0 aromatic rings. The molecule has 3 unspecified atom stereocenters. The third kappa shape index (κ3) is 2.19. The molecule has 66 valence electrons. The van der Waals surface area contributed by atoms with Gasteiger partial charge in [0.2, 0.25) is 0 Å². The zero-order chi connectivity index (χ0) is 8.43. The van der Waals surface area contributed by atoms with Crippen LogP contribution >= 0.6 is 0 Å². The standard InChI is InChI=1S/C10H21N/c1-7(2)10-6-11-9(4)5-8(10)3/h7-11H,5-6H2,1-4H3. The topological polar surface area (TPSA) is 12.0 Å². The summed E-state index contributed by atoms with van der Waals surface area (Å²) in [7, 11) is 0. The van der Waals surface area contributed by atoms with Gasteiger partial charge in [0.25, 0.3) is 0 Å². The lowest BCUT2D eigenvalue weighted by atomic mass is 9.78. The molecule has 1 heteroatoms. The van der Waals surface area contributed by atoms with Crippen LogP contribution in [-0.2, 0) is 0 Å². The molecule has 1 aliphatic rings. The minimum absolute atomic E-state index is 0.736. The number of rotatable bonds is 1. The maximum Gasteiger partial charge on any atom is 0.00414 e. The largest absolute Gasteiger partial charge is 0.314 e. The second kappa shape index (κ2) is 3.57. The van der Waals surface area contributed by atoms with Crippen LogP contribution in [-0.4, -0.2) is 12.6 Å². The van der Waals surface area contributed by atoms with E-state index >= 15 is 0 Å². The highest BCUT2D eigenvalue weighted by molar-refractivity contribution is 4.81. The van der Waals surface area contributed by atoms with Gasteiger partial charge in [-0.05, 0) is 37.6 Å². The first kappa shape index (κ1) is 9.05. The quantitative estimate of drug-likeness (QED) is 0.612. The van der Waals surface area contributed by atoms with Crippen LogP contribution in [0.1, 0.15) is 34.1 Å². The molecule has 1 rings (SSSR count). The first-order chi connectivity index (χ1) is 5.11. The fraction of sp³-hybridized carbons (Fsp3) is 1.00. The Morgan fingerprint density at radius 2 is 1.91 bits per heavy atom. The number of hydrogen-bond acceptors (Lipinski definition) is 1. The molecule has 3 atom stereocenters. The van der Waals surface area contributed by atoms with Crippen molar-refractivity contribution in [3.05, 3.63) is 0 Å². The fourth-order valence-electron chi connectivity index (χ4n) is 2.25. The molecule has 1 heterocycles. The zero-order valence-corrected chi connectivity index (χ0v) is 8.22. The summed E-state index contributed by atoms with van der Waals surface area (Å²) in [6.07, 6.45) is 1.35. The Bertz CT molecular complexity index is 120. The predicted octanol–water partition coefficient (Wildman–Crippen LogP) is 2.28. The third-order valence-electron chi connectivity index (χ3n) is 3.01. The van der Waals surface area contributed by atoms with Crippen molar-refractivity contribution >= 4 is 0 Å². The van der Waals surface area contributed by atoms with E-state index in [1.165, 1.54) is 13.0 Å². The van der Waals surface area contributed by atoms with Crippen LogP contribution in [0.3, 0.4) is 0 Å². The number of hydrogen-bond donors (Lipinski definition) is 1. The maximum absolute atomic E-state index is 3.54. The van der Waals surface area contributed by atoms with Crippen LogP contribution in [0.5, 0.6) is 0 Å². The number of nitrogens with one attached hydrogen (secondary N) is 1. The number of piperidine rings is 1. The molecule has 0 spiro atoms. The second-order valence-electron chi connectivity index (χ2n) is 4.43. The Hall–Kier alpha value is -0.0400. The first-order valence-electron chi connectivity index (χ1n) is 4.84. The van der Waals surface area contributed by atoms with Gasteiger partial charge in [-0.3, -0.25) is 0 Å². The molecule has 1 saturated heterocycles. The Balaban J connectivity index is 2.44. The van der Waals surface area contributed by atoms with E-state index in [1.807, 2.05) is 0 Å². The summed E-state index contributed by atoms with van der Waals surface area (Å²) in [5, 5.41) is 3.54. The molecule has 0 aromatic carbocycles. The van der Waals surface area contributed by atoms with Gasteiger partial charge in [0.1, 0.15) is 0 Å². The van der Waals surface area contributed by atoms with E-state index in [4.69, 9.17) is 0 Å².